The molecule has 1 amide bonds. The monoisotopic (exact) mass is 434 g/mol. The number of nitrogens with zero attached hydrogens (tertiary/aromatic N) is 1. The van der Waals surface area contributed by atoms with E-state index in [2.05, 4.69) is 4.72 Å². The van der Waals surface area contributed by atoms with Crippen LogP contribution in [0.2, 0.25) is 0 Å². The van der Waals surface area contributed by atoms with Crippen molar-refractivity contribution in [2.45, 2.75) is 31.0 Å². The van der Waals surface area contributed by atoms with Crippen molar-refractivity contribution in [2.24, 2.45) is 0 Å². The predicted molar refractivity (Wildman–Crippen MR) is 113 cm³/mol. The highest BCUT2D eigenvalue weighted by Gasteiger charge is 2.28. The summed E-state index contributed by atoms with van der Waals surface area (Å²) in [6.45, 7) is 4.70. The molecule has 1 aliphatic heterocycles. The zero-order chi connectivity index (χ0) is 21.9. The second-order valence-electron chi connectivity index (χ2n) is 7.14. The molecule has 0 spiro atoms. The molecule has 1 saturated heterocycles. The Hall–Kier alpha value is -2.78. The number of carbonyl (C=O) groups is 1. The van der Waals surface area contributed by atoms with E-state index in [4.69, 9.17) is 14.2 Å². The van der Waals surface area contributed by atoms with Gasteiger partial charge in [0, 0.05) is 19.2 Å². The average molecular weight is 435 g/mol. The quantitative estimate of drug-likeness (QED) is 0.751. The molecule has 2 aromatic carbocycles. The molecule has 9 heteroatoms. The van der Waals surface area contributed by atoms with Gasteiger partial charge in [0.1, 0.15) is 0 Å². The highest BCUT2D eigenvalue weighted by Crippen LogP contribution is 2.31. The summed E-state index contributed by atoms with van der Waals surface area (Å²) in [5.41, 5.74) is 0.493. The number of sulfonamides is 1. The van der Waals surface area contributed by atoms with Crippen molar-refractivity contribution in [1.82, 2.24) is 4.90 Å². The van der Waals surface area contributed by atoms with Gasteiger partial charge in [-0.2, -0.15) is 0 Å². The van der Waals surface area contributed by atoms with Crippen LogP contribution in [0, 0.1) is 0 Å². The first-order valence-electron chi connectivity index (χ1n) is 9.53. The lowest BCUT2D eigenvalue weighted by Gasteiger charge is -2.35. The van der Waals surface area contributed by atoms with Crippen molar-refractivity contribution in [3.8, 4) is 11.5 Å². The maximum absolute atomic E-state index is 13.1. The van der Waals surface area contributed by atoms with Gasteiger partial charge in [-0.25, -0.2) is 8.42 Å². The fourth-order valence-electron chi connectivity index (χ4n) is 3.46. The number of hydrogen-bond donors (Lipinski definition) is 1. The topological polar surface area (TPSA) is 94.2 Å². The molecule has 3 rings (SSSR count). The summed E-state index contributed by atoms with van der Waals surface area (Å²) in [6.07, 6.45) is -0.179. The molecule has 1 aliphatic rings. The Morgan fingerprint density at radius 3 is 2.30 bits per heavy atom. The van der Waals surface area contributed by atoms with E-state index in [0.29, 0.717) is 24.6 Å². The molecule has 162 valence electrons. The summed E-state index contributed by atoms with van der Waals surface area (Å²) in [4.78, 5) is 14.8. The minimum Gasteiger partial charge on any atom is -0.493 e. The fraction of sp³-hybridized carbons (Fsp3) is 0.381. The second kappa shape index (κ2) is 8.93. The highest BCUT2D eigenvalue weighted by molar-refractivity contribution is 7.92. The highest BCUT2D eigenvalue weighted by atomic mass is 32.2. The smallest absolute Gasteiger partial charge is 0.262 e. The number of rotatable bonds is 6. The van der Waals surface area contributed by atoms with Crippen molar-refractivity contribution in [2.75, 3.05) is 32.0 Å². The van der Waals surface area contributed by atoms with Crippen molar-refractivity contribution in [1.29, 1.82) is 0 Å². The van der Waals surface area contributed by atoms with Crippen molar-refractivity contribution in [3.63, 3.8) is 0 Å². The van der Waals surface area contributed by atoms with E-state index in [9.17, 15) is 13.2 Å². The van der Waals surface area contributed by atoms with Gasteiger partial charge in [-0.3, -0.25) is 9.52 Å². The standard InChI is InChI=1S/C21H26N2O6S/c1-14-12-23(13-15(2)29-14)21(24)17-7-5-6-8-18(17)22-30(25,26)16-9-10-19(27-3)20(11-16)28-4/h5-11,14-15,22H,12-13H2,1-4H3. The summed E-state index contributed by atoms with van der Waals surface area (Å²) >= 11 is 0. The third-order valence-corrected chi connectivity index (χ3v) is 6.14. The normalized spacial score (nSPS) is 19.3. The molecule has 0 bridgehead atoms. The fourth-order valence-corrected chi connectivity index (χ4v) is 4.55. The van der Waals surface area contributed by atoms with Crippen LogP contribution in [-0.4, -0.2) is 58.7 Å². The molecular formula is C21H26N2O6S. The molecule has 0 aliphatic carbocycles. The van der Waals surface area contributed by atoms with Gasteiger partial charge in [-0.1, -0.05) is 12.1 Å². The number of carbonyl (C=O) groups excluding carboxylic acids is 1. The minimum atomic E-state index is -3.96. The largest absolute Gasteiger partial charge is 0.493 e. The number of hydrogen-bond acceptors (Lipinski definition) is 6. The molecule has 0 radical (unpaired) electrons. The van der Waals surface area contributed by atoms with Gasteiger partial charge in [0.25, 0.3) is 15.9 Å². The Morgan fingerprint density at radius 1 is 1.03 bits per heavy atom. The van der Waals surface area contributed by atoms with Crippen molar-refractivity contribution in [3.05, 3.63) is 48.0 Å². The summed E-state index contributed by atoms with van der Waals surface area (Å²) in [5, 5.41) is 0. The number of nitrogens with one attached hydrogen (secondary N) is 1. The van der Waals surface area contributed by atoms with Gasteiger partial charge < -0.3 is 19.1 Å². The van der Waals surface area contributed by atoms with E-state index in [1.165, 1.54) is 32.4 Å². The Balaban J connectivity index is 1.90. The number of anilines is 1. The number of para-hydroxylation sites is 1. The molecule has 1 fully saturated rings. The average Bonchev–Trinajstić information content (AvgIpc) is 2.72. The Morgan fingerprint density at radius 2 is 1.67 bits per heavy atom. The van der Waals surface area contributed by atoms with Gasteiger partial charge >= 0.3 is 0 Å². The molecule has 2 aromatic rings. The third kappa shape index (κ3) is 4.68. The van der Waals surface area contributed by atoms with Crippen LogP contribution in [-0.2, 0) is 14.8 Å². The van der Waals surface area contributed by atoms with Crippen LogP contribution in [0.4, 0.5) is 5.69 Å². The lowest BCUT2D eigenvalue weighted by atomic mass is 10.1. The number of ether oxygens (including phenoxy) is 3. The maximum atomic E-state index is 13.1. The van der Waals surface area contributed by atoms with E-state index >= 15 is 0 Å². The van der Waals surface area contributed by atoms with Crippen LogP contribution in [0.3, 0.4) is 0 Å². The first-order chi connectivity index (χ1) is 14.2. The van der Waals surface area contributed by atoms with E-state index in [1.54, 1.807) is 29.2 Å². The lowest BCUT2D eigenvalue weighted by molar-refractivity contribution is -0.0585. The van der Waals surface area contributed by atoms with Crippen molar-refractivity contribution >= 4 is 21.6 Å². The van der Waals surface area contributed by atoms with Crippen LogP contribution in [0.15, 0.2) is 47.4 Å². The molecule has 8 nitrogen and oxygen atoms in total. The number of morpholine rings is 1. The van der Waals surface area contributed by atoms with Crippen LogP contribution in [0.5, 0.6) is 11.5 Å². The lowest BCUT2D eigenvalue weighted by Crippen LogP contribution is -2.48. The van der Waals surface area contributed by atoms with E-state index < -0.39 is 10.0 Å². The third-order valence-electron chi connectivity index (χ3n) is 4.77. The maximum Gasteiger partial charge on any atom is 0.262 e. The molecule has 2 unspecified atom stereocenters. The van der Waals surface area contributed by atoms with Crippen LogP contribution < -0.4 is 14.2 Å². The van der Waals surface area contributed by atoms with Crippen molar-refractivity contribution < 1.29 is 27.4 Å². The minimum absolute atomic E-state index is 0.00369. The molecule has 1 heterocycles. The first kappa shape index (κ1) is 21.9. The zero-order valence-corrected chi connectivity index (χ0v) is 18.2. The Kier molecular flexibility index (Phi) is 6.52. The van der Waals surface area contributed by atoms with E-state index in [-0.39, 0.29) is 34.3 Å². The molecule has 0 saturated carbocycles. The molecule has 1 N–H and O–H groups in total. The molecule has 30 heavy (non-hydrogen) atoms. The number of methoxy groups -OCH3 is 2. The van der Waals surface area contributed by atoms with Gasteiger partial charge in [0.15, 0.2) is 11.5 Å². The van der Waals surface area contributed by atoms with Crippen LogP contribution in [0.25, 0.3) is 0 Å². The second-order valence-corrected chi connectivity index (χ2v) is 8.82. The van der Waals surface area contributed by atoms with Crippen LogP contribution >= 0.6 is 0 Å². The number of benzene rings is 2. The van der Waals surface area contributed by atoms with Gasteiger partial charge in [0.05, 0.1) is 42.6 Å². The number of amides is 1. The first-order valence-corrected chi connectivity index (χ1v) is 11.0. The van der Waals surface area contributed by atoms with Crippen LogP contribution in [0.1, 0.15) is 24.2 Å². The Bertz CT molecular complexity index is 1010. The molecular weight excluding hydrogens is 408 g/mol. The summed E-state index contributed by atoms with van der Waals surface area (Å²) in [5.74, 6) is 0.464. The summed E-state index contributed by atoms with van der Waals surface area (Å²) in [6, 6.07) is 10.9. The Labute approximate surface area is 176 Å². The van der Waals surface area contributed by atoms with Gasteiger partial charge in [-0.15, -0.1) is 0 Å². The molecule has 0 aromatic heterocycles. The molecule has 2 atom stereocenters. The predicted octanol–water partition coefficient (Wildman–Crippen LogP) is 2.75. The van der Waals surface area contributed by atoms with E-state index in [1.807, 2.05) is 13.8 Å². The summed E-state index contributed by atoms with van der Waals surface area (Å²) in [7, 11) is -1.06. The summed E-state index contributed by atoms with van der Waals surface area (Å²) < 4.78 is 44.5. The van der Waals surface area contributed by atoms with Gasteiger partial charge in [0.2, 0.25) is 0 Å². The van der Waals surface area contributed by atoms with Gasteiger partial charge in [-0.05, 0) is 38.1 Å². The SMILES string of the molecule is COc1ccc(S(=O)(=O)Nc2ccccc2C(=O)N2CC(C)OC(C)C2)cc1OC. The van der Waals surface area contributed by atoms with E-state index in [0.717, 1.165) is 0 Å². The zero-order valence-electron chi connectivity index (χ0n) is 17.4.